The van der Waals surface area contributed by atoms with E-state index < -0.39 is 5.91 Å². The smallest absolute Gasteiger partial charge is 0.267 e. The highest BCUT2D eigenvalue weighted by atomic mass is 16.5. The van der Waals surface area contributed by atoms with Gasteiger partial charge in [0, 0.05) is 18.2 Å². The fourth-order valence-electron chi connectivity index (χ4n) is 3.48. The van der Waals surface area contributed by atoms with Gasteiger partial charge in [0.1, 0.15) is 0 Å². The summed E-state index contributed by atoms with van der Waals surface area (Å²) in [7, 11) is 0. The lowest BCUT2D eigenvalue weighted by molar-refractivity contribution is -0.124. The third-order valence-electron chi connectivity index (χ3n) is 4.76. The van der Waals surface area contributed by atoms with Gasteiger partial charge in [0.25, 0.3) is 5.91 Å². The van der Waals surface area contributed by atoms with Gasteiger partial charge >= 0.3 is 0 Å². The predicted molar refractivity (Wildman–Crippen MR) is 101 cm³/mol. The fourth-order valence-corrected chi connectivity index (χ4v) is 3.48. The molecule has 1 amide bonds. The molecule has 26 heavy (non-hydrogen) atoms. The summed E-state index contributed by atoms with van der Waals surface area (Å²) in [4.78, 5) is 11.1. The van der Waals surface area contributed by atoms with E-state index in [1.54, 1.807) is 11.6 Å². The molecule has 5 nitrogen and oxygen atoms in total. The minimum atomic E-state index is -0.545. The van der Waals surface area contributed by atoms with E-state index in [1.807, 2.05) is 24.3 Å². The van der Waals surface area contributed by atoms with Gasteiger partial charge in [-0.25, -0.2) is 5.48 Å². The summed E-state index contributed by atoms with van der Waals surface area (Å²) in [5, 5.41) is 21.9. The standard InChI is InChI=1S/C21H24N2O3/c24-14-18(13-15-4-2-1-3-5-15)22-20-10-8-17-12-16(6-9-19(17)20)7-11-21(25)23-26/h1-7,9,11-12,18,20,22,24,26H,8,10,13-14H2,(H,23,25)/b11-7+/t18-,20?/m0/s1. The van der Waals surface area contributed by atoms with Crippen molar-refractivity contribution in [3.05, 3.63) is 76.9 Å². The van der Waals surface area contributed by atoms with Crippen molar-refractivity contribution in [1.82, 2.24) is 10.8 Å². The fraction of sp³-hybridized carbons (Fsp3) is 0.286. The summed E-state index contributed by atoms with van der Waals surface area (Å²) in [6.07, 6.45) is 5.72. The van der Waals surface area contributed by atoms with Gasteiger partial charge in [0.2, 0.25) is 0 Å². The molecule has 0 bridgehead atoms. The first kappa shape index (κ1) is 18.3. The van der Waals surface area contributed by atoms with Crippen molar-refractivity contribution >= 4 is 12.0 Å². The van der Waals surface area contributed by atoms with Crippen LogP contribution in [0.5, 0.6) is 0 Å². The number of carbonyl (C=O) groups is 1. The number of hydrogen-bond donors (Lipinski definition) is 4. The van der Waals surface area contributed by atoms with Crippen molar-refractivity contribution in [3.63, 3.8) is 0 Å². The molecule has 4 N–H and O–H groups in total. The van der Waals surface area contributed by atoms with Crippen molar-refractivity contribution in [2.24, 2.45) is 0 Å². The van der Waals surface area contributed by atoms with Crippen LogP contribution in [0, 0.1) is 0 Å². The third-order valence-corrected chi connectivity index (χ3v) is 4.76. The maximum atomic E-state index is 11.1. The number of aliphatic hydroxyl groups is 1. The van der Waals surface area contributed by atoms with Crippen LogP contribution in [-0.4, -0.2) is 28.9 Å². The van der Waals surface area contributed by atoms with Crippen LogP contribution in [0.2, 0.25) is 0 Å². The average molecular weight is 352 g/mol. The Hall–Kier alpha value is -2.47. The number of fused-ring (bicyclic) bond motifs is 1. The van der Waals surface area contributed by atoms with Gasteiger partial charge in [0.05, 0.1) is 6.61 Å². The molecule has 0 spiro atoms. The Labute approximate surface area is 153 Å². The molecule has 0 saturated heterocycles. The third kappa shape index (κ3) is 4.58. The van der Waals surface area contributed by atoms with Crippen LogP contribution >= 0.6 is 0 Å². The normalized spacial score (nSPS) is 17.2. The Morgan fingerprint density at radius 1 is 1.23 bits per heavy atom. The molecule has 0 aromatic heterocycles. The van der Waals surface area contributed by atoms with Gasteiger partial charge < -0.3 is 10.4 Å². The van der Waals surface area contributed by atoms with E-state index in [0.29, 0.717) is 0 Å². The summed E-state index contributed by atoms with van der Waals surface area (Å²) in [6.45, 7) is 0.0951. The van der Waals surface area contributed by atoms with Gasteiger partial charge in [-0.3, -0.25) is 10.0 Å². The minimum Gasteiger partial charge on any atom is -0.395 e. The maximum absolute atomic E-state index is 11.1. The Morgan fingerprint density at radius 2 is 2.04 bits per heavy atom. The van der Waals surface area contributed by atoms with Crippen molar-refractivity contribution in [1.29, 1.82) is 0 Å². The zero-order valence-electron chi connectivity index (χ0n) is 14.6. The predicted octanol–water partition coefficient (Wildman–Crippen LogP) is 2.39. The number of amides is 1. The second-order valence-electron chi connectivity index (χ2n) is 6.59. The first-order chi connectivity index (χ1) is 12.7. The molecule has 2 aromatic rings. The quantitative estimate of drug-likeness (QED) is 0.350. The van der Waals surface area contributed by atoms with Crippen LogP contribution in [0.4, 0.5) is 0 Å². The molecule has 3 rings (SSSR count). The Kier molecular flexibility index (Phi) is 6.17. The Morgan fingerprint density at radius 3 is 2.77 bits per heavy atom. The molecule has 1 aliphatic rings. The van der Waals surface area contributed by atoms with E-state index in [0.717, 1.165) is 24.8 Å². The number of carbonyl (C=O) groups excluding carboxylic acids is 1. The van der Waals surface area contributed by atoms with E-state index >= 15 is 0 Å². The lowest BCUT2D eigenvalue weighted by Crippen LogP contribution is -2.36. The van der Waals surface area contributed by atoms with Gasteiger partial charge in [-0.2, -0.15) is 0 Å². The molecular weight excluding hydrogens is 328 g/mol. The zero-order valence-corrected chi connectivity index (χ0v) is 14.6. The molecule has 0 aliphatic heterocycles. The van der Waals surface area contributed by atoms with Crippen LogP contribution in [-0.2, 0) is 17.6 Å². The van der Waals surface area contributed by atoms with Crippen molar-refractivity contribution < 1.29 is 15.1 Å². The van der Waals surface area contributed by atoms with Gasteiger partial charge in [-0.05, 0) is 47.6 Å². The van der Waals surface area contributed by atoms with E-state index in [-0.39, 0.29) is 18.7 Å². The Bertz CT molecular complexity index is 774. The summed E-state index contributed by atoms with van der Waals surface area (Å²) < 4.78 is 0. The summed E-state index contributed by atoms with van der Waals surface area (Å²) in [5.74, 6) is -0.545. The Balaban J connectivity index is 1.67. The number of rotatable bonds is 7. The van der Waals surface area contributed by atoms with Crippen molar-refractivity contribution in [2.45, 2.75) is 31.3 Å². The largest absolute Gasteiger partial charge is 0.395 e. The minimum absolute atomic E-state index is 0.0150. The molecule has 2 atom stereocenters. The second kappa shape index (κ2) is 8.76. The number of hydroxylamine groups is 1. The van der Waals surface area contributed by atoms with E-state index in [2.05, 4.69) is 29.6 Å². The lowest BCUT2D eigenvalue weighted by atomic mass is 10.0. The van der Waals surface area contributed by atoms with Crippen LogP contribution in [0.3, 0.4) is 0 Å². The number of aryl methyl sites for hydroxylation is 1. The number of aliphatic hydroxyl groups excluding tert-OH is 1. The highest BCUT2D eigenvalue weighted by molar-refractivity contribution is 5.90. The highest BCUT2D eigenvalue weighted by Gasteiger charge is 2.24. The number of hydrogen-bond acceptors (Lipinski definition) is 4. The summed E-state index contributed by atoms with van der Waals surface area (Å²) in [5.41, 5.74) is 6.22. The van der Waals surface area contributed by atoms with Gasteiger partial charge in [-0.15, -0.1) is 0 Å². The van der Waals surface area contributed by atoms with Crippen molar-refractivity contribution in [2.75, 3.05) is 6.61 Å². The van der Waals surface area contributed by atoms with Crippen LogP contribution in [0.1, 0.15) is 34.7 Å². The lowest BCUT2D eigenvalue weighted by Gasteiger charge is -2.22. The first-order valence-corrected chi connectivity index (χ1v) is 8.85. The van der Waals surface area contributed by atoms with E-state index in [4.69, 9.17) is 5.21 Å². The number of benzene rings is 2. The maximum Gasteiger partial charge on any atom is 0.267 e. The SMILES string of the molecule is O=C(/C=C/c1ccc2c(c1)CCC2N[C@H](CO)Cc1ccccc1)NO. The molecule has 1 aliphatic carbocycles. The molecular formula is C21H24N2O3. The monoisotopic (exact) mass is 352 g/mol. The summed E-state index contributed by atoms with van der Waals surface area (Å²) >= 11 is 0. The van der Waals surface area contributed by atoms with Gasteiger partial charge in [-0.1, -0.05) is 48.5 Å². The van der Waals surface area contributed by atoms with Crippen LogP contribution in [0.25, 0.3) is 6.08 Å². The van der Waals surface area contributed by atoms with Crippen molar-refractivity contribution in [3.8, 4) is 0 Å². The molecule has 0 heterocycles. The van der Waals surface area contributed by atoms with Gasteiger partial charge in [0.15, 0.2) is 0 Å². The molecule has 0 fully saturated rings. The summed E-state index contributed by atoms with van der Waals surface area (Å²) in [6, 6.07) is 16.5. The molecule has 1 unspecified atom stereocenters. The molecule has 136 valence electrons. The second-order valence-corrected chi connectivity index (χ2v) is 6.59. The average Bonchev–Trinajstić information content (AvgIpc) is 3.08. The van der Waals surface area contributed by atoms with Crippen LogP contribution in [0.15, 0.2) is 54.6 Å². The molecule has 2 aromatic carbocycles. The molecule has 5 heteroatoms. The highest BCUT2D eigenvalue weighted by Crippen LogP contribution is 2.32. The van der Waals surface area contributed by atoms with Crippen LogP contribution < -0.4 is 10.8 Å². The molecule has 0 saturated carbocycles. The van der Waals surface area contributed by atoms with E-state index in [1.165, 1.54) is 22.8 Å². The zero-order chi connectivity index (χ0) is 18.4. The number of nitrogens with one attached hydrogen (secondary N) is 2. The molecule has 0 radical (unpaired) electrons. The first-order valence-electron chi connectivity index (χ1n) is 8.85. The van der Waals surface area contributed by atoms with E-state index in [9.17, 15) is 9.90 Å². The topological polar surface area (TPSA) is 81.6 Å².